The molecule has 36 heavy (non-hydrogen) atoms. The monoisotopic (exact) mass is 587 g/mol. The van der Waals surface area contributed by atoms with Gasteiger partial charge in [0.25, 0.3) is 0 Å². The third-order valence-corrected chi connectivity index (χ3v) is 7.40. The number of aromatic amines is 1. The van der Waals surface area contributed by atoms with E-state index >= 15 is 0 Å². The van der Waals surface area contributed by atoms with Crippen LogP contribution in [0.4, 0.5) is 5.69 Å². The molecular formula is C26H35Cl2N3O2S3. The molecule has 1 fully saturated rings. The van der Waals surface area contributed by atoms with Crippen LogP contribution in [-0.2, 0) is 0 Å². The molecule has 0 amide bonds. The largest absolute Gasteiger partial charge is 0.490 e. The summed E-state index contributed by atoms with van der Waals surface area (Å²) < 4.78 is 6.04. The standard InChI is InChI=1S/C26H29Cl2N3O2.3H2S/c1-17-11-22-25(29-17)7-4-8-26(22)33-16-21(32)15-30-13-20-6-3-2-5-19(30)14-31(20)18-9-10-23(27)24(28)12-18;;;/h2-4,7-12,19-21,29,32H,5-6,13-16H2,1H3;3*1H2/b3-2-;;;/t19-,20-,21-;;;/m0.../s1. The number of piperazine rings is 1. The summed E-state index contributed by atoms with van der Waals surface area (Å²) in [6, 6.07) is 14.6. The lowest BCUT2D eigenvalue weighted by molar-refractivity contribution is 0.0409. The van der Waals surface area contributed by atoms with Crippen LogP contribution in [0.5, 0.6) is 5.75 Å². The highest BCUT2D eigenvalue weighted by atomic mass is 35.5. The smallest absolute Gasteiger partial charge is 0.128 e. The fourth-order valence-corrected chi connectivity index (χ4v) is 5.34. The van der Waals surface area contributed by atoms with E-state index in [1.54, 1.807) is 0 Å². The van der Waals surface area contributed by atoms with Gasteiger partial charge in [-0.2, -0.15) is 40.5 Å². The second-order valence-electron chi connectivity index (χ2n) is 9.09. The highest BCUT2D eigenvalue weighted by molar-refractivity contribution is 7.59. The SMILES string of the molecule is Cc1cc2c(OC[C@@H](O)CN3C[C@@H]4C/C=C\C[C@H]3CN4c3ccc(Cl)c(Cl)c3)cccc2[nH]1.S.S.S. The zero-order valence-corrected chi connectivity index (χ0v) is 24.7. The van der Waals surface area contributed by atoms with Gasteiger partial charge in [-0.05, 0) is 56.2 Å². The Labute approximate surface area is 244 Å². The molecule has 0 saturated carbocycles. The van der Waals surface area contributed by atoms with E-state index in [0.29, 0.717) is 28.7 Å². The number of aliphatic hydroxyl groups excluding tert-OH is 1. The molecule has 2 N–H and O–H groups in total. The summed E-state index contributed by atoms with van der Waals surface area (Å²) >= 11 is 12.4. The average molecular weight is 589 g/mol. The predicted octanol–water partition coefficient (Wildman–Crippen LogP) is 5.77. The Hall–Kier alpha value is -1.13. The van der Waals surface area contributed by atoms with Crippen LogP contribution in [0.25, 0.3) is 10.9 Å². The molecular weight excluding hydrogens is 553 g/mol. The molecule has 5 nitrogen and oxygen atoms in total. The lowest BCUT2D eigenvalue weighted by Crippen LogP contribution is -2.60. The molecule has 2 bridgehead atoms. The minimum Gasteiger partial charge on any atom is -0.490 e. The number of halogens is 2. The van der Waals surface area contributed by atoms with Crippen LogP contribution < -0.4 is 9.64 Å². The van der Waals surface area contributed by atoms with Crippen molar-refractivity contribution in [3.63, 3.8) is 0 Å². The summed E-state index contributed by atoms with van der Waals surface area (Å²) in [7, 11) is 0. The Morgan fingerprint density at radius 1 is 1.00 bits per heavy atom. The number of anilines is 1. The van der Waals surface area contributed by atoms with Gasteiger partial charge in [-0.15, -0.1) is 0 Å². The first kappa shape index (κ1) is 31.1. The van der Waals surface area contributed by atoms with Gasteiger partial charge in [0.15, 0.2) is 0 Å². The molecule has 1 saturated heterocycles. The Bertz CT molecular complexity index is 1180. The first-order valence-corrected chi connectivity index (χ1v) is 12.2. The number of benzene rings is 2. The number of aromatic nitrogens is 1. The molecule has 3 aliphatic heterocycles. The van der Waals surface area contributed by atoms with E-state index in [1.165, 1.54) is 0 Å². The topological polar surface area (TPSA) is 51.7 Å². The lowest BCUT2D eigenvalue weighted by atomic mass is 9.96. The molecule has 4 heterocycles. The van der Waals surface area contributed by atoms with Crippen molar-refractivity contribution in [2.45, 2.75) is 38.0 Å². The molecule has 198 valence electrons. The third kappa shape index (κ3) is 6.84. The molecule has 2 aromatic carbocycles. The Balaban J connectivity index is 0.00000152. The maximum Gasteiger partial charge on any atom is 0.128 e. The quantitative estimate of drug-likeness (QED) is 0.359. The highest BCUT2D eigenvalue weighted by Gasteiger charge is 2.35. The number of hydrogen-bond donors (Lipinski definition) is 2. The molecule has 3 aromatic rings. The van der Waals surface area contributed by atoms with Crippen LogP contribution in [-0.4, -0.2) is 59.4 Å². The van der Waals surface area contributed by atoms with Gasteiger partial charge < -0.3 is 19.7 Å². The normalized spacial score (nSPS) is 20.9. The third-order valence-electron chi connectivity index (χ3n) is 6.66. The van der Waals surface area contributed by atoms with E-state index in [9.17, 15) is 5.11 Å². The van der Waals surface area contributed by atoms with Crippen molar-refractivity contribution in [1.29, 1.82) is 0 Å². The summed E-state index contributed by atoms with van der Waals surface area (Å²) in [6.07, 6.45) is 5.90. The number of ether oxygens (including phenoxy) is 1. The second kappa shape index (κ2) is 13.6. The zero-order valence-electron chi connectivity index (χ0n) is 20.2. The van der Waals surface area contributed by atoms with Crippen molar-refractivity contribution in [3.05, 3.63) is 70.4 Å². The number of nitrogens with zero attached hydrogens (tertiary/aromatic N) is 2. The van der Waals surface area contributed by atoms with Crippen molar-refractivity contribution >= 4 is 80.3 Å². The minimum atomic E-state index is -0.566. The van der Waals surface area contributed by atoms with Crippen LogP contribution in [0, 0.1) is 6.92 Å². The summed E-state index contributed by atoms with van der Waals surface area (Å²) in [5.41, 5.74) is 3.25. The zero-order chi connectivity index (χ0) is 22.9. The maximum absolute atomic E-state index is 10.8. The van der Waals surface area contributed by atoms with Crippen LogP contribution in [0.15, 0.2) is 54.6 Å². The van der Waals surface area contributed by atoms with Crippen molar-refractivity contribution in [2.75, 3.05) is 31.1 Å². The molecule has 0 aliphatic carbocycles. The Morgan fingerprint density at radius 3 is 2.50 bits per heavy atom. The fraction of sp³-hybridized carbons (Fsp3) is 0.385. The lowest BCUT2D eigenvalue weighted by Gasteiger charge is -2.48. The number of aryl methyl sites for hydroxylation is 1. The maximum atomic E-state index is 10.8. The number of H-pyrrole nitrogens is 1. The molecule has 0 spiro atoms. The number of rotatable bonds is 6. The van der Waals surface area contributed by atoms with Crippen LogP contribution in [0.2, 0.25) is 10.0 Å². The van der Waals surface area contributed by atoms with E-state index in [4.69, 9.17) is 27.9 Å². The Morgan fingerprint density at radius 2 is 1.75 bits per heavy atom. The van der Waals surface area contributed by atoms with Crippen LogP contribution in [0.1, 0.15) is 18.5 Å². The van der Waals surface area contributed by atoms with Crippen LogP contribution >= 0.6 is 63.7 Å². The van der Waals surface area contributed by atoms with E-state index in [1.807, 2.05) is 43.3 Å². The summed E-state index contributed by atoms with van der Waals surface area (Å²) in [5.74, 6) is 0.804. The molecule has 1 aromatic heterocycles. The van der Waals surface area contributed by atoms with Gasteiger partial charge in [-0.25, -0.2) is 0 Å². The van der Waals surface area contributed by atoms with Gasteiger partial charge in [-0.3, -0.25) is 4.90 Å². The molecule has 3 atom stereocenters. The number of nitrogens with one attached hydrogen (secondary N) is 1. The molecule has 0 radical (unpaired) electrons. The van der Waals surface area contributed by atoms with Gasteiger partial charge in [0.05, 0.1) is 10.0 Å². The molecule has 0 unspecified atom stereocenters. The first-order valence-electron chi connectivity index (χ1n) is 11.5. The van der Waals surface area contributed by atoms with Crippen molar-refractivity contribution in [3.8, 4) is 5.75 Å². The molecule has 6 rings (SSSR count). The number of hydrogen-bond acceptors (Lipinski definition) is 4. The summed E-state index contributed by atoms with van der Waals surface area (Å²) in [5, 5.41) is 13.1. The van der Waals surface area contributed by atoms with E-state index in [2.05, 4.69) is 33.0 Å². The molecule has 10 heteroatoms. The van der Waals surface area contributed by atoms with E-state index in [-0.39, 0.29) is 47.1 Å². The predicted molar refractivity (Wildman–Crippen MR) is 167 cm³/mol. The second-order valence-corrected chi connectivity index (χ2v) is 9.90. The van der Waals surface area contributed by atoms with Gasteiger partial charge in [0, 0.05) is 54.0 Å². The summed E-state index contributed by atoms with van der Waals surface area (Å²) in [6.45, 7) is 4.67. The van der Waals surface area contributed by atoms with Crippen molar-refractivity contribution in [1.82, 2.24) is 9.88 Å². The Kier molecular flexibility index (Phi) is 11.7. The van der Waals surface area contributed by atoms with Gasteiger partial charge >= 0.3 is 0 Å². The van der Waals surface area contributed by atoms with E-state index < -0.39 is 6.10 Å². The van der Waals surface area contributed by atoms with Gasteiger partial charge in [-0.1, -0.05) is 41.4 Å². The highest BCUT2D eigenvalue weighted by Crippen LogP contribution is 2.33. The first-order chi connectivity index (χ1) is 16.0. The average Bonchev–Trinajstić information content (AvgIpc) is 3.16. The molecule has 3 aliphatic rings. The van der Waals surface area contributed by atoms with Crippen molar-refractivity contribution in [2.24, 2.45) is 0 Å². The fourth-order valence-electron chi connectivity index (χ4n) is 5.05. The number of fused-ring (bicyclic) bond motifs is 5. The van der Waals surface area contributed by atoms with E-state index in [0.717, 1.165) is 54.0 Å². The number of aliphatic hydroxyl groups is 1. The minimum absolute atomic E-state index is 0. The summed E-state index contributed by atoms with van der Waals surface area (Å²) in [4.78, 5) is 8.18. The van der Waals surface area contributed by atoms with Gasteiger partial charge in [0.1, 0.15) is 18.5 Å². The van der Waals surface area contributed by atoms with Gasteiger partial charge in [0.2, 0.25) is 0 Å². The van der Waals surface area contributed by atoms with Crippen molar-refractivity contribution < 1.29 is 9.84 Å². The van der Waals surface area contributed by atoms with Crippen LogP contribution in [0.3, 0.4) is 0 Å².